The van der Waals surface area contributed by atoms with Crippen LogP contribution in [0, 0.1) is 0 Å². The monoisotopic (exact) mass is 589 g/mol. The van der Waals surface area contributed by atoms with Crippen LogP contribution in [0.15, 0.2) is 152 Å². The van der Waals surface area contributed by atoms with Crippen molar-refractivity contribution in [3.63, 3.8) is 0 Å². The lowest BCUT2D eigenvalue weighted by Gasteiger charge is -2.22. The smallest absolute Gasteiger partial charge is 0.115 e. The van der Waals surface area contributed by atoms with E-state index in [2.05, 4.69) is 162 Å². The van der Waals surface area contributed by atoms with Crippen LogP contribution in [-0.2, 0) is 5.41 Å². The minimum absolute atomic E-state index is 0.120. The molecule has 3 heteroatoms. The molecule has 2 aromatic heterocycles. The highest BCUT2D eigenvalue weighted by atomic mass is 15.0. The molecule has 0 fully saturated rings. The number of rotatable bonds is 4. The van der Waals surface area contributed by atoms with Crippen molar-refractivity contribution in [3.05, 3.63) is 163 Å². The highest BCUT2D eigenvalue weighted by molar-refractivity contribution is 6.10. The van der Waals surface area contributed by atoms with Crippen LogP contribution in [0.1, 0.15) is 25.0 Å². The minimum Gasteiger partial charge on any atom is -0.309 e. The van der Waals surface area contributed by atoms with Gasteiger partial charge in [-0.3, -0.25) is 0 Å². The number of nitrogens with zero attached hydrogens (tertiary/aromatic N) is 3. The van der Waals surface area contributed by atoms with Gasteiger partial charge in [0.25, 0.3) is 0 Å². The number of hydrogen-bond acceptors (Lipinski definition) is 2. The second-order valence-electron chi connectivity index (χ2n) is 12.8. The molecule has 0 aliphatic heterocycles. The summed E-state index contributed by atoms with van der Waals surface area (Å²) < 4.78 is 2.37. The third kappa shape index (κ3) is 4.05. The normalized spacial score (nSPS) is 13.2. The number of aromatic nitrogens is 3. The summed E-state index contributed by atoms with van der Waals surface area (Å²) in [5.74, 6) is 0. The van der Waals surface area contributed by atoms with Crippen LogP contribution in [0.3, 0.4) is 0 Å². The predicted molar refractivity (Wildman–Crippen MR) is 190 cm³/mol. The molecule has 3 nitrogen and oxygen atoms in total. The van der Waals surface area contributed by atoms with Crippen LogP contribution in [0.4, 0.5) is 0 Å². The topological polar surface area (TPSA) is 30.7 Å². The van der Waals surface area contributed by atoms with Crippen LogP contribution in [0.5, 0.6) is 0 Å². The Morgan fingerprint density at radius 3 is 1.67 bits per heavy atom. The standard InChI is InChI=1S/C43H31N3/c1-43(2)39-23-31(28-12-14-29(15-13-28)33-25-44-27-45-26-33)16-19-35(39)36-20-17-32(24-40(36)43)30-18-21-42-38(22-30)37-10-6-7-11-41(37)46(42)34-8-4-3-5-9-34/h3-27H,1-2H3. The lowest BCUT2D eigenvalue weighted by Crippen LogP contribution is -2.15. The molecule has 0 atom stereocenters. The van der Waals surface area contributed by atoms with Gasteiger partial charge in [0.15, 0.2) is 0 Å². The fraction of sp³-hybridized carbons (Fsp3) is 0.0698. The highest BCUT2D eigenvalue weighted by Crippen LogP contribution is 2.51. The maximum Gasteiger partial charge on any atom is 0.115 e. The van der Waals surface area contributed by atoms with Crippen molar-refractivity contribution < 1.29 is 0 Å². The second-order valence-corrected chi connectivity index (χ2v) is 12.8. The van der Waals surface area contributed by atoms with Gasteiger partial charge < -0.3 is 4.57 Å². The summed E-state index contributed by atoms with van der Waals surface area (Å²) >= 11 is 0. The first-order valence-electron chi connectivity index (χ1n) is 15.8. The summed E-state index contributed by atoms with van der Waals surface area (Å²) in [6.45, 7) is 4.72. The van der Waals surface area contributed by atoms with Gasteiger partial charge in [-0.2, -0.15) is 0 Å². The zero-order valence-electron chi connectivity index (χ0n) is 25.8. The molecule has 46 heavy (non-hydrogen) atoms. The molecule has 0 amide bonds. The fourth-order valence-corrected chi connectivity index (χ4v) is 7.41. The van der Waals surface area contributed by atoms with E-state index in [1.54, 1.807) is 6.33 Å². The summed E-state index contributed by atoms with van der Waals surface area (Å²) in [6, 6.07) is 49.0. The molecule has 1 aliphatic carbocycles. The van der Waals surface area contributed by atoms with Crippen LogP contribution in [0.25, 0.3) is 72.0 Å². The van der Waals surface area contributed by atoms with Crippen molar-refractivity contribution in [2.75, 3.05) is 0 Å². The molecule has 0 bridgehead atoms. The molecule has 0 saturated carbocycles. The molecule has 0 spiro atoms. The molecule has 0 N–H and O–H groups in total. The van der Waals surface area contributed by atoms with Crippen molar-refractivity contribution in [3.8, 4) is 50.2 Å². The maximum atomic E-state index is 4.17. The third-order valence-corrected chi connectivity index (χ3v) is 9.81. The Balaban J connectivity index is 1.10. The first kappa shape index (κ1) is 26.6. The van der Waals surface area contributed by atoms with Gasteiger partial charge in [-0.25, -0.2) is 9.97 Å². The molecular weight excluding hydrogens is 558 g/mol. The van der Waals surface area contributed by atoms with Crippen molar-refractivity contribution in [1.29, 1.82) is 0 Å². The van der Waals surface area contributed by atoms with E-state index in [-0.39, 0.29) is 5.41 Å². The Morgan fingerprint density at radius 1 is 0.457 bits per heavy atom. The van der Waals surface area contributed by atoms with Crippen molar-refractivity contribution >= 4 is 21.8 Å². The summed E-state index contributed by atoms with van der Waals surface area (Å²) in [4.78, 5) is 8.34. The van der Waals surface area contributed by atoms with Crippen molar-refractivity contribution in [1.82, 2.24) is 14.5 Å². The first-order chi connectivity index (χ1) is 22.6. The summed E-state index contributed by atoms with van der Waals surface area (Å²) in [5.41, 5.74) is 16.0. The second kappa shape index (κ2) is 10.1. The summed E-state index contributed by atoms with van der Waals surface area (Å²) in [6.07, 6.45) is 5.27. The largest absolute Gasteiger partial charge is 0.309 e. The summed E-state index contributed by atoms with van der Waals surface area (Å²) in [5, 5.41) is 2.55. The molecule has 9 rings (SSSR count). The highest BCUT2D eigenvalue weighted by Gasteiger charge is 2.36. The van der Waals surface area contributed by atoms with E-state index in [1.807, 2.05) is 12.4 Å². The van der Waals surface area contributed by atoms with E-state index in [0.717, 1.165) is 11.1 Å². The molecular formula is C43H31N3. The molecule has 0 saturated heterocycles. The molecule has 2 heterocycles. The number of fused-ring (bicyclic) bond motifs is 6. The van der Waals surface area contributed by atoms with Gasteiger partial charge >= 0.3 is 0 Å². The van der Waals surface area contributed by atoms with E-state index in [9.17, 15) is 0 Å². The number of hydrogen-bond donors (Lipinski definition) is 0. The Labute approximate surface area is 268 Å². The van der Waals surface area contributed by atoms with Gasteiger partial charge in [0, 0.05) is 39.8 Å². The minimum atomic E-state index is -0.120. The van der Waals surface area contributed by atoms with Crippen LogP contribution in [0.2, 0.25) is 0 Å². The fourth-order valence-electron chi connectivity index (χ4n) is 7.41. The Morgan fingerprint density at radius 2 is 0.978 bits per heavy atom. The van der Waals surface area contributed by atoms with Gasteiger partial charge in [-0.15, -0.1) is 0 Å². The van der Waals surface area contributed by atoms with Gasteiger partial charge in [0.2, 0.25) is 0 Å². The van der Waals surface area contributed by atoms with Crippen molar-refractivity contribution in [2.45, 2.75) is 19.3 Å². The maximum absolute atomic E-state index is 4.17. The van der Waals surface area contributed by atoms with Gasteiger partial charge in [0.05, 0.1) is 11.0 Å². The SMILES string of the molecule is CC1(C)c2cc(-c3ccc(-c4cncnc4)cc3)ccc2-c2ccc(-c3ccc4c(c3)c3ccccc3n4-c3ccccc3)cc21. The Bertz CT molecular complexity index is 2420. The molecule has 0 radical (unpaired) electrons. The molecule has 0 unspecified atom stereocenters. The lowest BCUT2D eigenvalue weighted by molar-refractivity contribution is 0.661. The summed E-state index contributed by atoms with van der Waals surface area (Å²) in [7, 11) is 0. The van der Waals surface area contributed by atoms with Crippen LogP contribution >= 0.6 is 0 Å². The van der Waals surface area contributed by atoms with Gasteiger partial charge in [0.1, 0.15) is 6.33 Å². The van der Waals surface area contributed by atoms with E-state index in [0.29, 0.717) is 0 Å². The Kier molecular flexibility index (Phi) is 5.85. The van der Waals surface area contributed by atoms with Crippen LogP contribution in [-0.4, -0.2) is 14.5 Å². The predicted octanol–water partition coefficient (Wildman–Crippen LogP) is 10.9. The molecule has 8 aromatic rings. The zero-order chi connectivity index (χ0) is 30.8. The zero-order valence-corrected chi connectivity index (χ0v) is 25.8. The number of benzene rings is 6. The van der Waals surface area contributed by atoms with Gasteiger partial charge in [-0.1, -0.05) is 105 Å². The quantitative estimate of drug-likeness (QED) is 0.204. The average molecular weight is 590 g/mol. The Hall–Kier alpha value is -5.80. The third-order valence-electron chi connectivity index (χ3n) is 9.81. The molecule has 1 aliphatic rings. The number of para-hydroxylation sites is 2. The average Bonchev–Trinajstić information content (AvgIpc) is 3.57. The van der Waals surface area contributed by atoms with E-state index < -0.39 is 0 Å². The van der Waals surface area contributed by atoms with E-state index in [4.69, 9.17) is 0 Å². The van der Waals surface area contributed by atoms with Gasteiger partial charge in [-0.05, 0) is 92.5 Å². The van der Waals surface area contributed by atoms with E-state index in [1.165, 1.54) is 72.0 Å². The lowest BCUT2D eigenvalue weighted by atomic mass is 9.80. The molecule has 6 aromatic carbocycles. The molecule has 218 valence electrons. The van der Waals surface area contributed by atoms with Crippen LogP contribution < -0.4 is 0 Å². The first-order valence-corrected chi connectivity index (χ1v) is 15.8. The van der Waals surface area contributed by atoms with E-state index >= 15 is 0 Å². The van der Waals surface area contributed by atoms with Crippen molar-refractivity contribution in [2.24, 2.45) is 0 Å².